The standard InChI is InChI=1S/C18H27FN2O3/c1-5-6-14-7-8-15(21(14)17(23)24-18(2,3)4)16(22)12-9-13(19)11-20-10-12/h9-11,14-16,22H,5-8H2,1-4H3/t14-,15-,16-/m1/s1. The number of ether oxygens (including phenoxy) is 1. The van der Waals surface area contributed by atoms with Gasteiger partial charge in [-0.05, 0) is 46.1 Å². The van der Waals surface area contributed by atoms with Crippen molar-refractivity contribution >= 4 is 6.09 Å². The van der Waals surface area contributed by atoms with Crippen molar-refractivity contribution < 1.29 is 19.0 Å². The highest BCUT2D eigenvalue weighted by Crippen LogP contribution is 2.36. The largest absolute Gasteiger partial charge is 0.444 e. The van der Waals surface area contributed by atoms with Crippen molar-refractivity contribution in [1.29, 1.82) is 0 Å². The molecule has 2 rings (SSSR count). The van der Waals surface area contributed by atoms with E-state index in [0.717, 1.165) is 25.5 Å². The zero-order valence-electron chi connectivity index (χ0n) is 14.8. The Morgan fingerprint density at radius 2 is 2.17 bits per heavy atom. The van der Waals surface area contributed by atoms with Gasteiger partial charge in [0, 0.05) is 17.8 Å². The lowest BCUT2D eigenvalue weighted by Gasteiger charge is -2.34. The third-order valence-electron chi connectivity index (χ3n) is 4.20. The van der Waals surface area contributed by atoms with Crippen molar-refractivity contribution in [3.8, 4) is 0 Å². The molecule has 1 N–H and O–H groups in total. The van der Waals surface area contributed by atoms with E-state index in [1.165, 1.54) is 12.3 Å². The number of carbonyl (C=O) groups excluding carboxylic acids is 1. The van der Waals surface area contributed by atoms with Crippen molar-refractivity contribution in [3.05, 3.63) is 29.8 Å². The molecule has 0 aliphatic carbocycles. The summed E-state index contributed by atoms with van der Waals surface area (Å²) in [5, 5.41) is 10.7. The molecule has 6 heteroatoms. The molecule has 0 unspecified atom stereocenters. The molecule has 3 atom stereocenters. The van der Waals surface area contributed by atoms with Crippen LogP contribution in [0.4, 0.5) is 9.18 Å². The van der Waals surface area contributed by atoms with Crippen molar-refractivity contribution in [1.82, 2.24) is 9.88 Å². The van der Waals surface area contributed by atoms with Crippen LogP contribution in [0.1, 0.15) is 65.0 Å². The second-order valence-electron chi connectivity index (χ2n) is 7.36. The topological polar surface area (TPSA) is 62.7 Å². The Kier molecular flexibility index (Phi) is 5.80. The summed E-state index contributed by atoms with van der Waals surface area (Å²) in [6.45, 7) is 7.51. The molecular weight excluding hydrogens is 311 g/mol. The molecule has 1 amide bonds. The van der Waals surface area contributed by atoms with Crippen LogP contribution < -0.4 is 0 Å². The second-order valence-corrected chi connectivity index (χ2v) is 7.36. The maximum atomic E-state index is 13.4. The molecule has 0 aromatic carbocycles. The number of aliphatic hydroxyl groups is 1. The molecule has 1 fully saturated rings. The maximum Gasteiger partial charge on any atom is 0.410 e. The summed E-state index contributed by atoms with van der Waals surface area (Å²) in [7, 11) is 0. The van der Waals surface area contributed by atoms with Crippen LogP contribution in [0.25, 0.3) is 0 Å². The molecule has 1 aromatic heterocycles. The van der Waals surface area contributed by atoms with Crippen molar-refractivity contribution in [2.24, 2.45) is 0 Å². The molecule has 1 aliphatic heterocycles. The van der Waals surface area contributed by atoms with Gasteiger partial charge >= 0.3 is 6.09 Å². The van der Waals surface area contributed by atoms with Crippen LogP contribution in [-0.2, 0) is 4.74 Å². The van der Waals surface area contributed by atoms with E-state index in [1.807, 2.05) is 20.8 Å². The van der Waals surface area contributed by atoms with Crippen molar-refractivity contribution in [2.45, 2.75) is 77.2 Å². The van der Waals surface area contributed by atoms with Gasteiger partial charge in [-0.3, -0.25) is 9.88 Å². The Morgan fingerprint density at radius 3 is 2.75 bits per heavy atom. The fraction of sp³-hybridized carbons (Fsp3) is 0.667. The zero-order valence-corrected chi connectivity index (χ0v) is 14.8. The molecule has 5 nitrogen and oxygen atoms in total. The van der Waals surface area contributed by atoms with Crippen LogP contribution in [0.5, 0.6) is 0 Å². The predicted octanol–water partition coefficient (Wildman–Crippen LogP) is 3.82. The van der Waals surface area contributed by atoms with Crippen LogP contribution in [0, 0.1) is 5.82 Å². The van der Waals surface area contributed by atoms with Gasteiger partial charge in [-0.1, -0.05) is 13.3 Å². The normalized spacial score (nSPS) is 22.5. The lowest BCUT2D eigenvalue weighted by molar-refractivity contribution is -0.00547. The second kappa shape index (κ2) is 7.47. The number of carbonyl (C=O) groups is 1. The summed E-state index contributed by atoms with van der Waals surface area (Å²) in [4.78, 5) is 18.1. The summed E-state index contributed by atoms with van der Waals surface area (Å²) in [5.74, 6) is -0.501. The average Bonchev–Trinajstić information content (AvgIpc) is 2.89. The SMILES string of the molecule is CCC[C@@H]1CC[C@H]([C@H](O)c2cncc(F)c2)N1C(=O)OC(C)(C)C. The summed E-state index contributed by atoms with van der Waals surface area (Å²) in [5.41, 5.74) is -0.225. The van der Waals surface area contributed by atoms with Gasteiger partial charge in [0.25, 0.3) is 0 Å². The summed E-state index contributed by atoms with van der Waals surface area (Å²) < 4.78 is 18.9. The predicted molar refractivity (Wildman–Crippen MR) is 88.9 cm³/mol. The van der Waals surface area contributed by atoms with Gasteiger partial charge < -0.3 is 9.84 Å². The first-order valence-corrected chi connectivity index (χ1v) is 8.52. The average molecular weight is 338 g/mol. The minimum Gasteiger partial charge on any atom is -0.444 e. The van der Waals surface area contributed by atoms with Gasteiger partial charge in [-0.25, -0.2) is 9.18 Å². The number of hydrogen-bond donors (Lipinski definition) is 1. The van der Waals surface area contributed by atoms with E-state index >= 15 is 0 Å². The molecule has 2 heterocycles. The highest BCUT2D eigenvalue weighted by atomic mass is 19.1. The highest BCUT2D eigenvalue weighted by molar-refractivity contribution is 5.69. The van der Waals surface area contributed by atoms with E-state index in [2.05, 4.69) is 11.9 Å². The maximum absolute atomic E-state index is 13.4. The van der Waals surface area contributed by atoms with Gasteiger partial charge in [0.1, 0.15) is 17.5 Å². The molecule has 1 aromatic rings. The molecule has 134 valence electrons. The Morgan fingerprint density at radius 1 is 1.46 bits per heavy atom. The van der Waals surface area contributed by atoms with Crippen LogP contribution in [0.3, 0.4) is 0 Å². The van der Waals surface area contributed by atoms with Crippen molar-refractivity contribution in [2.75, 3.05) is 0 Å². The number of aromatic nitrogens is 1. The first kappa shape index (κ1) is 18.6. The third kappa shape index (κ3) is 4.44. The Hall–Kier alpha value is -1.69. The summed E-state index contributed by atoms with van der Waals surface area (Å²) >= 11 is 0. The van der Waals surface area contributed by atoms with E-state index in [-0.39, 0.29) is 6.04 Å². The molecule has 24 heavy (non-hydrogen) atoms. The Bertz CT molecular complexity index is 574. The molecule has 1 aliphatic rings. The third-order valence-corrected chi connectivity index (χ3v) is 4.20. The number of likely N-dealkylation sites (tertiary alicyclic amines) is 1. The molecular formula is C18H27FN2O3. The quantitative estimate of drug-likeness (QED) is 0.906. The number of aliphatic hydroxyl groups excluding tert-OH is 1. The number of hydrogen-bond acceptors (Lipinski definition) is 4. The van der Waals surface area contributed by atoms with Gasteiger partial charge in [-0.2, -0.15) is 0 Å². The number of halogens is 1. The van der Waals surface area contributed by atoms with E-state index < -0.39 is 29.7 Å². The Labute approximate surface area is 142 Å². The molecule has 0 saturated carbocycles. The molecule has 0 radical (unpaired) electrons. The smallest absolute Gasteiger partial charge is 0.410 e. The fourth-order valence-corrected chi connectivity index (χ4v) is 3.25. The van der Waals surface area contributed by atoms with E-state index in [1.54, 1.807) is 4.90 Å². The van der Waals surface area contributed by atoms with E-state index in [0.29, 0.717) is 12.0 Å². The van der Waals surface area contributed by atoms with Gasteiger partial charge in [0.2, 0.25) is 0 Å². The van der Waals surface area contributed by atoms with Crippen LogP contribution in [0.2, 0.25) is 0 Å². The van der Waals surface area contributed by atoms with E-state index in [4.69, 9.17) is 4.74 Å². The lowest BCUT2D eigenvalue weighted by atomic mass is 10.0. The van der Waals surface area contributed by atoms with Crippen LogP contribution in [0.15, 0.2) is 18.5 Å². The molecule has 0 spiro atoms. The number of nitrogens with zero attached hydrogens (tertiary/aromatic N) is 2. The minimum absolute atomic E-state index is 0.0334. The van der Waals surface area contributed by atoms with Crippen LogP contribution in [-0.4, -0.2) is 38.8 Å². The van der Waals surface area contributed by atoms with Crippen molar-refractivity contribution in [3.63, 3.8) is 0 Å². The van der Waals surface area contributed by atoms with Crippen LogP contribution >= 0.6 is 0 Å². The number of pyridine rings is 1. The summed E-state index contributed by atoms with van der Waals surface area (Å²) in [6.07, 6.45) is 4.37. The lowest BCUT2D eigenvalue weighted by Crippen LogP contribution is -2.46. The monoisotopic (exact) mass is 338 g/mol. The van der Waals surface area contributed by atoms with Gasteiger partial charge in [0.05, 0.1) is 12.2 Å². The summed E-state index contributed by atoms with van der Waals surface area (Å²) in [6, 6.07) is 0.865. The Balaban J connectivity index is 2.24. The molecule has 1 saturated heterocycles. The first-order chi connectivity index (χ1) is 11.2. The minimum atomic E-state index is -0.984. The molecule has 0 bridgehead atoms. The zero-order chi connectivity index (χ0) is 17.9. The van der Waals surface area contributed by atoms with E-state index in [9.17, 15) is 14.3 Å². The highest BCUT2D eigenvalue weighted by Gasteiger charge is 2.42. The van der Waals surface area contributed by atoms with Gasteiger partial charge in [-0.15, -0.1) is 0 Å². The number of amides is 1. The first-order valence-electron chi connectivity index (χ1n) is 8.52. The number of rotatable bonds is 4. The van der Waals surface area contributed by atoms with Gasteiger partial charge in [0.15, 0.2) is 0 Å². The fourth-order valence-electron chi connectivity index (χ4n) is 3.25.